The first kappa shape index (κ1) is 29.8. The third-order valence-corrected chi connectivity index (χ3v) is 13.5. The number of rotatable bonds is 3. The Morgan fingerprint density at radius 2 is 1.00 bits per heavy atom. The molecular formula is C48H26N4S2. The zero-order valence-corrected chi connectivity index (χ0v) is 30.2. The fourth-order valence-electron chi connectivity index (χ4n) is 8.80. The lowest BCUT2D eigenvalue weighted by atomic mass is 10.00. The lowest BCUT2D eigenvalue weighted by molar-refractivity contribution is 1.13. The van der Waals surface area contributed by atoms with Crippen molar-refractivity contribution in [1.82, 2.24) is 14.1 Å². The maximum Gasteiger partial charge on any atom is 0.0991 e. The molecule has 0 unspecified atom stereocenters. The van der Waals surface area contributed by atoms with Crippen molar-refractivity contribution in [3.8, 4) is 28.6 Å². The predicted octanol–water partition coefficient (Wildman–Crippen LogP) is 13.6. The highest BCUT2D eigenvalue weighted by Crippen LogP contribution is 2.47. The zero-order chi connectivity index (χ0) is 35.5. The number of benzene rings is 7. The Morgan fingerprint density at radius 3 is 1.59 bits per heavy atom. The van der Waals surface area contributed by atoms with Crippen LogP contribution < -0.4 is 0 Å². The third-order valence-electron chi connectivity index (χ3n) is 11.1. The summed E-state index contributed by atoms with van der Waals surface area (Å²) in [4.78, 5) is 4.74. The van der Waals surface area contributed by atoms with E-state index in [9.17, 15) is 5.26 Å². The van der Waals surface area contributed by atoms with Gasteiger partial charge in [-0.1, -0.05) is 84.9 Å². The number of para-hydroxylation sites is 2. The van der Waals surface area contributed by atoms with Crippen LogP contribution in [-0.2, 0) is 0 Å². The second-order valence-corrected chi connectivity index (χ2v) is 15.9. The molecule has 12 aromatic rings. The minimum atomic E-state index is 0.610. The molecule has 12 rings (SSSR count). The average Bonchev–Trinajstić information content (AvgIpc) is 3.98. The van der Waals surface area contributed by atoms with Crippen LogP contribution >= 0.6 is 22.7 Å². The van der Waals surface area contributed by atoms with Crippen LogP contribution in [-0.4, -0.2) is 14.1 Å². The summed E-state index contributed by atoms with van der Waals surface area (Å²) in [6, 6.07) is 54.5. The Labute approximate surface area is 316 Å². The summed E-state index contributed by atoms with van der Waals surface area (Å²) < 4.78 is 9.92. The number of nitriles is 1. The van der Waals surface area contributed by atoms with Crippen molar-refractivity contribution in [3.05, 3.63) is 164 Å². The van der Waals surface area contributed by atoms with Crippen LogP contribution in [0.2, 0.25) is 0 Å². The molecule has 0 aliphatic heterocycles. The molecule has 250 valence electrons. The lowest BCUT2D eigenvalue weighted by Crippen LogP contribution is -2.02. The molecule has 0 aliphatic rings. The van der Waals surface area contributed by atoms with Crippen LogP contribution in [0.1, 0.15) is 5.56 Å². The third kappa shape index (κ3) is 3.97. The molecule has 0 spiro atoms. The molecule has 7 aromatic carbocycles. The van der Waals surface area contributed by atoms with Crippen molar-refractivity contribution in [2.24, 2.45) is 0 Å². The number of nitrogens with zero attached hydrogens (tertiary/aromatic N) is 4. The van der Waals surface area contributed by atoms with Crippen molar-refractivity contribution < 1.29 is 0 Å². The summed E-state index contributed by atoms with van der Waals surface area (Å²) in [6.07, 6.45) is 3.85. The van der Waals surface area contributed by atoms with Crippen LogP contribution in [0.25, 0.3) is 106 Å². The standard InChI is InChI=1S/C48H26N4S2/c49-26-28-17-20-39(51-37-13-5-1-11-34(37)45-40(51)21-18-32-30-9-3-7-15-43(30)53-47(32)45)36(25-28)29-23-24-50-27-42(29)52-38-14-6-2-12-35(38)46-41(52)22-19-33-31-10-4-8-16-44(31)54-48(33)46/h1-25,27H. The minimum Gasteiger partial charge on any atom is -0.309 e. The fraction of sp³-hybridized carbons (Fsp3) is 0. The number of thiophene rings is 2. The van der Waals surface area contributed by atoms with E-state index in [-0.39, 0.29) is 0 Å². The Bertz CT molecular complexity index is 3590. The topological polar surface area (TPSA) is 46.5 Å². The SMILES string of the molecule is N#Cc1ccc(-n2c3ccccc3c3c4sc5ccccc5c4ccc32)c(-c2ccncc2-n2c3ccccc3c3c4sc5ccccc5c4ccc32)c1. The van der Waals surface area contributed by atoms with Crippen LogP contribution in [0.15, 0.2) is 158 Å². The van der Waals surface area contributed by atoms with Gasteiger partial charge >= 0.3 is 0 Å². The van der Waals surface area contributed by atoms with E-state index in [4.69, 9.17) is 4.98 Å². The second kappa shape index (κ2) is 11.1. The molecule has 5 heterocycles. The number of hydrogen-bond donors (Lipinski definition) is 0. The van der Waals surface area contributed by atoms with Gasteiger partial charge in [-0.25, -0.2) is 0 Å². The molecule has 4 nitrogen and oxygen atoms in total. The summed E-state index contributed by atoms with van der Waals surface area (Å²) in [6.45, 7) is 0. The van der Waals surface area contributed by atoms with E-state index in [1.54, 1.807) is 0 Å². The van der Waals surface area contributed by atoms with Gasteiger partial charge in [-0.2, -0.15) is 5.26 Å². The van der Waals surface area contributed by atoms with Gasteiger partial charge in [-0.05, 0) is 60.7 Å². The van der Waals surface area contributed by atoms with E-state index in [0.717, 1.165) is 44.6 Å². The highest BCUT2D eigenvalue weighted by molar-refractivity contribution is 7.27. The first-order chi connectivity index (χ1) is 26.8. The molecule has 0 radical (unpaired) electrons. The molecule has 5 aromatic heterocycles. The summed E-state index contributed by atoms with van der Waals surface area (Å²) in [5, 5.41) is 20.3. The van der Waals surface area contributed by atoms with Crippen LogP contribution in [0.4, 0.5) is 0 Å². The van der Waals surface area contributed by atoms with Gasteiger partial charge in [0.25, 0.3) is 0 Å². The number of fused-ring (bicyclic) bond motifs is 14. The fourth-order valence-corrected chi connectivity index (χ4v) is 11.3. The summed E-state index contributed by atoms with van der Waals surface area (Å²) in [5.74, 6) is 0. The Hall–Kier alpha value is -6.78. The highest BCUT2D eigenvalue weighted by atomic mass is 32.1. The molecule has 0 atom stereocenters. The molecule has 0 N–H and O–H groups in total. The maximum absolute atomic E-state index is 10.3. The molecule has 0 aliphatic carbocycles. The molecular weight excluding hydrogens is 697 g/mol. The van der Waals surface area contributed by atoms with Gasteiger partial charge in [0.15, 0.2) is 0 Å². The summed E-state index contributed by atoms with van der Waals surface area (Å²) >= 11 is 3.72. The number of aromatic nitrogens is 3. The largest absolute Gasteiger partial charge is 0.309 e. The van der Waals surface area contributed by atoms with Gasteiger partial charge in [0.1, 0.15) is 0 Å². The Morgan fingerprint density at radius 1 is 0.463 bits per heavy atom. The number of hydrogen-bond acceptors (Lipinski definition) is 4. The van der Waals surface area contributed by atoms with Gasteiger partial charge in [-0.15, -0.1) is 22.7 Å². The molecule has 54 heavy (non-hydrogen) atoms. The van der Waals surface area contributed by atoms with Crippen molar-refractivity contribution in [1.29, 1.82) is 5.26 Å². The van der Waals surface area contributed by atoms with Crippen LogP contribution in [0.3, 0.4) is 0 Å². The van der Waals surface area contributed by atoms with Crippen molar-refractivity contribution in [2.75, 3.05) is 0 Å². The number of pyridine rings is 1. The van der Waals surface area contributed by atoms with Gasteiger partial charge < -0.3 is 9.13 Å². The van der Waals surface area contributed by atoms with E-state index in [1.165, 1.54) is 61.9 Å². The predicted molar refractivity (Wildman–Crippen MR) is 229 cm³/mol. The maximum atomic E-state index is 10.3. The van der Waals surface area contributed by atoms with Gasteiger partial charge in [0.2, 0.25) is 0 Å². The van der Waals surface area contributed by atoms with Gasteiger partial charge in [0.05, 0.1) is 51.3 Å². The first-order valence-corrected chi connectivity index (χ1v) is 19.6. The lowest BCUT2D eigenvalue weighted by Gasteiger charge is -2.18. The minimum absolute atomic E-state index is 0.610. The highest BCUT2D eigenvalue weighted by Gasteiger charge is 2.23. The molecule has 0 saturated carbocycles. The van der Waals surface area contributed by atoms with Crippen molar-refractivity contribution in [3.63, 3.8) is 0 Å². The quantitative estimate of drug-likeness (QED) is 0.182. The van der Waals surface area contributed by atoms with E-state index in [0.29, 0.717) is 5.56 Å². The smallest absolute Gasteiger partial charge is 0.0991 e. The van der Waals surface area contributed by atoms with Crippen LogP contribution in [0, 0.1) is 11.3 Å². The molecule has 0 amide bonds. The first-order valence-electron chi connectivity index (χ1n) is 17.9. The van der Waals surface area contributed by atoms with E-state index in [2.05, 4.69) is 149 Å². The van der Waals surface area contributed by atoms with E-state index >= 15 is 0 Å². The Balaban J connectivity index is 1.18. The normalized spacial score (nSPS) is 12.1. The Kier molecular flexibility index (Phi) is 6.12. The second-order valence-electron chi connectivity index (χ2n) is 13.8. The van der Waals surface area contributed by atoms with E-state index < -0.39 is 0 Å². The summed E-state index contributed by atoms with van der Waals surface area (Å²) in [7, 11) is 0. The molecule has 6 heteroatoms. The van der Waals surface area contributed by atoms with Crippen LogP contribution in [0.5, 0.6) is 0 Å². The molecule has 0 bridgehead atoms. The van der Waals surface area contributed by atoms with E-state index in [1.807, 2.05) is 47.2 Å². The zero-order valence-electron chi connectivity index (χ0n) is 28.6. The van der Waals surface area contributed by atoms with Gasteiger partial charge in [0, 0.05) is 79.2 Å². The van der Waals surface area contributed by atoms with Gasteiger partial charge in [-0.3, -0.25) is 4.98 Å². The molecule has 0 saturated heterocycles. The van der Waals surface area contributed by atoms with Crippen molar-refractivity contribution in [2.45, 2.75) is 0 Å². The molecule has 0 fully saturated rings. The van der Waals surface area contributed by atoms with Crippen molar-refractivity contribution >= 4 is 107 Å². The monoisotopic (exact) mass is 722 g/mol. The summed E-state index contributed by atoms with van der Waals surface area (Å²) in [5.41, 5.74) is 9.08. The average molecular weight is 723 g/mol.